The van der Waals surface area contributed by atoms with E-state index in [0.29, 0.717) is 15.5 Å². The first-order valence-electron chi connectivity index (χ1n) is 5.32. The first-order valence-corrected chi connectivity index (χ1v) is 8.37. The number of benzene rings is 1. The van der Waals surface area contributed by atoms with Crippen LogP contribution in [0.15, 0.2) is 28.5 Å². The van der Waals surface area contributed by atoms with Gasteiger partial charge in [-0.1, -0.05) is 23.2 Å². The van der Waals surface area contributed by atoms with Gasteiger partial charge in [0.2, 0.25) is 0 Å². The molecule has 1 aromatic carbocycles. The second-order valence-electron chi connectivity index (χ2n) is 3.93. The zero-order chi connectivity index (χ0) is 14.9. The standard InChI is InChI=1S/C12H8Cl2N2O2S2/c1-7-4-11(19-12(7)14)20(17,18)16-10-3-2-8(6-15)5-9(10)13/h2-5,16H,1H3. The van der Waals surface area contributed by atoms with Crippen LogP contribution in [0.3, 0.4) is 0 Å². The average molecular weight is 347 g/mol. The number of halogens is 2. The Labute approximate surface area is 130 Å². The summed E-state index contributed by atoms with van der Waals surface area (Å²) in [6.45, 7) is 1.73. The number of rotatable bonds is 3. The van der Waals surface area contributed by atoms with Gasteiger partial charge < -0.3 is 0 Å². The van der Waals surface area contributed by atoms with E-state index in [0.717, 1.165) is 11.3 Å². The lowest BCUT2D eigenvalue weighted by molar-refractivity contribution is 0.603. The molecule has 0 saturated heterocycles. The lowest BCUT2D eigenvalue weighted by Crippen LogP contribution is -2.11. The lowest BCUT2D eigenvalue weighted by Gasteiger charge is -2.08. The minimum Gasteiger partial charge on any atom is -0.277 e. The molecule has 0 unspecified atom stereocenters. The highest BCUT2D eigenvalue weighted by molar-refractivity contribution is 7.94. The summed E-state index contributed by atoms with van der Waals surface area (Å²) in [5, 5.41) is 8.90. The van der Waals surface area contributed by atoms with Crippen LogP contribution in [0.5, 0.6) is 0 Å². The van der Waals surface area contributed by atoms with Crippen molar-refractivity contribution in [3.05, 3.63) is 44.8 Å². The van der Waals surface area contributed by atoms with Crippen LogP contribution in [0.4, 0.5) is 5.69 Å². The highest BCUT2D eigenvalue weighted by Gasteiger charge is 2.19. The van der Waals surface area contributed by atoms with Gasteiger partial charge in [-0.05, 0) is 36.8 Å². The third kappa shape index (κ3) is 3.07. The van der Waals surface area contributed by atoms with Gasteiger partial charge >= 0.3 is 0 Å². The Balaban J connectivity index is 2.36. The molecule has 8 heteroatoms. The summed E-state index contributed by atoms with van der Waals surface area (Å²) in [5.74, 6) is 0. The summed E-state index contributed by atoms with van der Waals surface area (Å²) in [4.78, 5) is 0. The van der Waals surface area contributed by atoms with E-state index in [1.54, 1.807) is 6.92 Å². The topological polar surface area (TPSA) is 70.0 Å². The Bertz CT molecular complexity index is 788. The van der Waals surface area contributed by atoms with Crippen molar-refractivity contribution >= 4 is 50.2 Å². The fraction of sp³-hybridized carbons (Fsp3) is 0.0833. The predicted molar refractivity (Wildman–Crippen MR) is 81.0 cm³/mol. The molecule has 0 bridgehead atoms. The smallest absolute Gasteiger partial charge is 0.271 e. The van der Waals surface area contributed by atoms with E-state index in [-0.39, 0.29) is 14.9 Å². The quantitative estimate of drug-likeness (QED) is 0.911. The number of nitrogens with one attached hydrogen (secondary N) is 1. The van der Waals surface area contributed by atoms with Crippen LogP contribution in [-0.4, -0.2) is 8.42 Å². The fourth-order valence-electron chi connectivity index (χ4n) is 1.43. The van der Waals surface area contributed by atoms with Crippen LogP contribution in [0.1, 0.15) is 11.1 Å². The van der Waals surface area contributed by atoms with Crippen molar-refractivity contribution in [2.45, 2.75) is 11.1 Å². The molecule has 1 heterocycles. The van der Waals surface area contributed by atoms with E-state index in [2.05, 4.69) is 4.72 Å². The molecule has 4 nitrogen and oxygen atoms in total. The van der Waals surface area contributed by atoms with Gasteiger partial charge in [-0.2, -0.15) is 5.26 Å². The van der Waals surface area contributed by atoms with Gasteiger partial charge in [0.15, 0.2) is 0 Å². The molecule has 0 saturated carbocycles. The lowest BCUT2D eigenvalue weighted by atomic mass is 10.2. The normalized spacial score (nSPS) is 11.1. The molecular weight excluding hydrogens is 339 g/mol. The maximum Gasteiger partial charge on any atom is 0.271 e. The van der Waals surface area contributed by atoms with E-state index >= 15 is 0 Å². The van der Waals surface area contributed by atoms with Crippen molar-refractivity contribution in [1.29, 1.82) is 5.26 Å². The van der Waals surface area contributed by atoms with E-state index in [1.165, 1.54) is 24.3 Å². The molecule has 2 rings (SSSR count). The summed E-state index contributed by atoms with van der Waals surface area (Å²) >= 11 is 12.8. The van der Waals surface area contributed by atoms with Crippen molar-refractivity contribution in [2.75, 3.05) is 4.72 Å². The van der Waals surface area contributed by atoms with Crippen LogP contribution in [0.25, 0.3) is 0 Å². The summed E-state index contributed by atoms with van der Waals surface area (Å²) in [6, 6.07) is 7.74. The minimum absolute atomic E-state index is 0.112. The first-order chi connectivity index (χ1) is 9.33. The van der Waals surface area contributed by atoms with E-state index in [4.69, 9.17) is 28.5 Å². The van der Waals surface area contributed by atoms with Gasteiger partial charge in [-0.3, -0.25) is 4.72 Å². The first kappa shape index (κ1) is 15.1. The SMILES string of the molecule is Cc1cc(S(=O)(=O)Nc2ccc(C#N)cc2Cl)sc1Cl. The number of sulfonamides is 1. The molecule has 0 amide bonds. The Morgan fingerprint density at radius 3 is 2.50 bits per heavy atom. The molecule has 0 spiro atoms. The van der Waals surface area contributed by atoms with Crippen molar-refractivity contribution in [1.82, 2.24) is 0 Å². The molecule has 2 aromatic rings. The highest BCUT2D eigenvalue weighted by Crippen LogP contribution is 2.32. The number of aryl methyl sites for hydroxylation is 1. The van der Waals surface area contributed by atoms with Crippen LogP contribution in [0, 0.1) is 18.3 Å². The van der Waals surface area contributed by atoms with Crippen molar-refractivity contribution in [2.24, 2.45) is 0 Å². The zero-order valence-electron chi connectivity index (χ0n) is 10.1. The third-order valence-electron chi connectivity index (χ3n) is 2.44. The molecule has 0 atom stereocenters. The second kappa shape index (κ2) is 5.62. The summed E-state index contributed by atoms with van der Waals surface area (Å²) < 4.78 is 27.3. The Morgan fingerprint density at radius 1 is 1.30 bits per heavy atom. The minimum atomic E-state index is -3.74. The molecule has 0 aliphatic heterocycles. The molecule has 20 heavy (non-hydrogen) atoms. The third-order valence-corrected chi connectivity index (χ3v) is 6.15. The molecule has 1 aromatic heterocycles. The van der Waals surface area contributed by atoms with Gasteiger partial charge in [0.25, 0.3) is 10.0 Å². The van der Waals surface area contributed by atoms with Gasteiger partial charge in [0.1, 0.15) is 4.21 Å². The number of nitrogens with zero attached hydrogens (tertiary/aromatic N) is 1. The molecular formula is C12H8Cl2N2O2S2. The van der Waals surface area contributed by atoms with Crippen molar-refractivity contribution < 1.29 is 8.42 Å². The maximum atomic E-state index is 12.2. The number of hydrogen-bond acceptors (Lipinski definition) is 4. The molecule has 104 valence electrons. The predicted octanol–water partition coefficient (Wildman–Crippen LogP) is 4.04. The zero-order valence-corrected chi connectivity index (χ0v) is 13.3. The van der Waals surface area contributed by atoms with Crippen LogP contribution in [-0.2, 0) is 10.0 Å². The molecule has 0 fully saturated rings. The number of anilines is 1. The number of thiophene rings is 1. The van der Waals surface area contributed by atoms with Crippen LogP contribution >= 0.6 is 34.5 Å². The molecule has 1 N–H and O–H groups in total. The summed E-state index contributed by atoms with van der Waals surface area (Å²) in [7, 11) is -3.74. The van der Waals surface area contributed by atoms with Gasteiger partial charge in [-0.15, -0.1) is 11.3 Å². The summed E-state index contributed by atoms with van der Waals surface area (Å²) in [5.41, 5.74) is 1.27. The van der Waals surface area contributed by atoms with Crippen LogP contribution in [0.2, 0.25) is 9.36 Å². The Morgan fingerprint density at radius 2 is 2.00 bits per heavy atom. The van der Waals surface area contributed by atoms with E-state index < -0.39 is 10.0 Å². The largest absolute Gasteiger partial charge is 0.277 e. The highest BCUT2D eigenvalue weighted by atomic mass is 35.5. The van der Waals surface area contributed by atoms with E-state index in [9.17, 15) is 8.42 Å². The molecule has 0 radical (unpaired) electrons. The average Bonchev–Trinajstić information content (AvgIpc) is 2.73. The Hall–Kier alpha value is -1.26. The van der Waals surface area contributed by atoms with Gasteiger partial charge in [-0.25, -0.2) is 8.42 Å². The Kier molecular flexibility index (Phi) is 4.25. The second-order valence-corrected chi connectivity index (χ2v) is 7.90. The molecule has 0 aliphatic rings. The fourth-order valence-corrected chi connectivity index (χ4v) is 4.50. The van der Waals surface area contributed by atoms with Gasteiger partial charge in [0.05, 0.1) is 26.7 Å². The van der Waals surface area contributed by atoms with Crippen molar-refractivity contribution in [3.8, 4) is 6.07 Å². The monoisotopic (exact) mass is 346 g/mol. The van der Waals surface area contributed by atoms with Gasteiger partial charge in [0, 0.05) is 0 Å². The maximum absolute atomic E-state index is 12.2. The van der Waals surface area contributed by atoms with Crippen LogP contribution < -0.4 is 4.72 Å². The van der Waals surface area contributed by atoms with Crippen molar-refractivity contribution in [3.63, 3.8) is 0 Å². The van der Waals surface area contributed by atoms with E-state index in [1.807, 2.05) is 6.07 Å². The molecule has 0 aliphatic carbocycles. The number of nitriles is 1. The summed E-state index contributed by atoms with van der Waals surface area (Å²) in [6.07, 6.45) is 0. The number of hydrogen-bond donors (Lipinski definition) is 1.